The average molecular weight is 762 g/mol. The second-order valence-corrected chi connectivity index (χ2v) is 16.9. The van der Waals surface area contributed by atoms with E-state index in [1.165, 1.54) is 135 Å². The van der Waals surface area contributed by atoms with Crippen molar-refractivity contribution in [2.24, 2.45) is 23.7 Å². The van der Waals surface area contributed by atoms with E-state index >= 15 is 0 Å². The summed E-state index contributed by atoms with van der Waals surface area (Å²) in [5, 5.41) is 0. The summed E-state index contributed by atoms with van der Waals surface area (Å²) >= 11 is 0. The van der Waals surface area contributed by atoms with Crippen molar-refractivity contribution in [3.05, 3.63) is 42.0 Å². The molecule has 0 aromatic heterocycles. The predicted molar refractivity (Wildman–Crippen MR) is 232 cm³/mol. The van der Waals surface area contributed by atoms with E-state index in [-0.39, 0.29) is 11.9 Å². The van der Waals surface area contributed by atoms with Crippen LogP contribution in [0.3, 0.4) is 0 Å². The third-order valence-electron chi connectivity index (χ3n) is 12.3. The van der Waals surface area contributed by atoms with Gasteiger partial charge < -0.3 is 26.7 Å². The van der Waals surface area contributed by atoms with Gasteiger partial charge >= 0.3 is 11.9 Å². The highest BCUT2D eigenvalue weighted by Gasteiger charge is 2.37. The monoisotopic (exact) mass is 762 g/mol. The minimum absolute atomic E-state index is 0.187. The lowest BCUT2D eigenvalue weighted by Crippen LogP contribution is -2.35. The van der Waals surface area contributed by atoms with Crippen LogP contribution in [0.1, 0.15) is 193 Å². The standard InChI is InChI=1S/C48H79N3O4/c1-4-6-8-9-13-19-25-41-38(23-17-7-5-2)30-31-39(24-18-12-10-15-21-27-47(52)54-45-33-29-37(3)35-43(45)50)42(41)26-20-14-11-16-22-28-48(53)55-46-34-32-40(49)36-44(46)51/h29,32-36,38-39,41-42H,4-28,30-31,49-51H2,1-3H3. The van der Waals surface area contributed by atoms with Crippen molar-refractivity contribution in [2.75, 3.05) is 17.2 Å². The highest BCUT2D eigenvalue weighted by molar-refractivity contribution is 5.75. The molecule has 4 atom stereocenters. The fourth-order valence-corrected chi connectivity index (χ4v) is 9.14. The molecule has 1 aliphatic rings. The summed E-state index contributed by atoms with van der Waals surface area (Å²) in [5.74, 6) is 3.93. The van der Waals surface area contributed by atoms with E-state index in [2.05, 4.69) is 13.8 Å². The number of ether oxygens (including phenoxy) is 2. The Balaban J connectivity index is 1.46. The first kappa shape index (κ1) is 46.2. The summed E-state index contributed by atoms with van der Waals surface area (Å²) < 4.78 is 11.0. The average Bonchev–Trinajstić information content (AvgIpc) is 3.15. The molecule has 1 aliphatic carbocycles. The Kier molecular flexibility index (Phi) is 23.0. The minimum Gasteiger partial charge on any atom is -0.424 e. The van der Waals surface area contributed by atoms with Crippen molar-refractivity contribution in [3.8, 4) is 11.5 Å². The summed E-state index contributed by atoms with van der Waals surface area (Å²) in [4.78, 5) is 24.9. The molecular weight excluding hydrogens is 683 g/mol. The molecule has 6 N–H and O–H groups in total. The molecule has 1 fully saturated rings. The van der Waals surface area contributed by atoms with Crippen LogP contribution < -0.4 is 26.7 Å². The first-order valence-electron chi connectivity index (χ1n) is 22.6. The third kappa shape index (κ3) is 18.5. The lowest BCUT2D eigenvalue weighted by molar-refractivity contribution is -0.135. The van der Waals surface area contributed by atoms with E-state index in [0.29, 0.717) is 41.4 Å². The maximum atomic E-state index is 12.4. The Morgan fingerprint density at radius 3 is 1.42 bits per heavy atom. The second kappa shape index (κ2) is 27.4. The van der Waals surface area contributed by atoms with Gasteiger partial charge in [0.05, 0.1) is 11.4 Å². The molecular formula is C48H79N3O4. The molecule has 0 aliphatic heterocycles. The Bertz CT molecular complexity index is 1360. The summed E-state index contributed by atoms with van der Waals surface area (Å²) in [6.45, 7) is 6.62. The van der Waals surface area contributed by atoms with Crippen molar-refractivity contribution >= 4 is 29.0 Å². The molecule has 3 rings (SSSR count). The minimum atomic E-state index is -0.223. The fourth-order valence-electron chi connectivity index (χ4n) is 9.14. The SMILES string of the molecule is CCCCCCCCC1C(CCCCC)CCC(CCCCCCCC(=O)Oc2ccc(C)cc2N)C1CCCCCCCC(=O)Oc1ccc(N)cc1N. The third-order valence-corrected chi connectivity index (χ3v) is 12.3. The molecule has 0 spiro atoms. The molecule has 2 aromatic carbocycles. The van der Waals surface area contributed by atoms with Gasteiger partial charge in [0.1, 0.15) is 0 Å². The largest absolute Gasteiger partial charge is 0.424 e. The normalized spacial score (nSPS) is 18.3. The van der Waals surface area contributed by atoms with Crippen molar-refractivity contribution in [3.63, 3.8) is 0 Å². The van der Waals surface area contributed by atoms with Gasteiger partial charge in [-0.25, -0.2) is 0 Å². The maximum absolute atomic E-state index is 12.4. The number of benzene rings is 2. The van der Waals surface area contributed by atoms with Crippen molar-refractivity contribution in [2.45, 2.75) is 194 Å². The van der Waals surface area contributed by atoms with Crippen LogP contribution in [-0.4, -0.2) is 11.9 Å². The highest BCUT2D eigenvalue weighted by Crippen LogP contribution is 2.48. The Labute approximate surface area is 335 Å². The molecule has 0 saturated heterocycles. The predicted octanol–water partition coefficient (Wildman–Crippen LogP) is 13.3. The van der Waals surface area contributed by atoms with E-state index in [1.54, 1.807) is 24.3 Å². The van der Waals surface area contributed by atoms with Crippen LogP contribution >= 0.6 is 0 Å². The number of carbonyl (C=O) groups excluding carboxylic acids is 2. The number of hydrogen-bond donors (Lipinski definition) is 3. The van der Waals surface area contributed by atoms with E-state index in [9.17, 15) is 9.59 Å². The number of nitrogens with two attached hydrogens (primary N) is 3. The van der Waals surface area contributed by atoms with Gasteiger partial charge in [-0.1, -0.05) is 142 Å². The second-order valence-electron chi connectivity index (χ2n) is 16.9. The summed E-state index contributed by atoms with van der Waals surface area (Å²) in [6, 6.07) is 10.5. The molecule has 0 amide bonds. The zero-order valence-corrected chi connectivity index (χ0v) is 35.2. The van der Waals surface area contributed by atoms with E-state index in [4.69, 9.17) is 26.7 Å². The number of hydrogen-bond acceptors (Lipinski definition) is 7. The van der Waals surface area contributed by atoms with Gasteiger partial charge in [0.25, 0.3) is 0 Å². The van der Waals surface area contributed by atoms with Crippen molar-refractivity contribution in [1.82, 2.24) is 0 Å². The van der Waals surface area contributed by atoms with Crippen molar-refractivity contribution in [1.29, 1.82) is 0 Å². The summed E-state index contributed by atoms with van der Waals surface area (Å²) in [7, 11) is 0. The van der Waals surface area contributed by atoms with E-state index in [1.807, 2.05) is 19.1 Å². The topological polar surface area (TPSA) is 131 Å². The first-order valence-corrected chi connectivity index (χ1v) is 22.6. The van der Waals surface area contributed by atoms with E-state index < -0.39 is 0 Å². The quantitative estimate of drug-likeness (QED) is 0.0325. The zero-order chi connectivity index (χ0) is 39.7. The van der Waals surface area contributed by atoms with Crippen LogP contribution in [0.5, 0.6) is 11.5 Å². The lowest BCUT2D eigenvalue weighted by Gasteiger charge is -2.44. The van der Waals surface area contributed by atoms with Gasteiger partial charge in [-0.15, -0.1) is 0 Å². The van der Waals surface area contributed by atoms with Crippen LogP contribution in [0.4, 0.5) is 17.1 Å². The Hall–Kier alpha value is -3.22. The lowest BCUT2D eigenvalue weighted by atomic mass is 9.61. The molecule has 4 unspecified atom stereocenters. The molecule has 7 nitrogen and oxygen atoms in total. The van der Waals surface area contributed by atoms with Crippen molar-refractivity contribution < 1.29 is 19.1 Å². The van der Waals surface area contributed by atoms with E-state index in [0.717, 1.165) is 54.9 Å². The number of nitrogen functional groups attached to an aromatic ring is 3. The highest BCUT2D eigenvalue weighted by atomic mass is 16.5. The van der Waals surface area contributed by atoms with Gasteiger partial charge in [-0.2, -0.15) is 0 Å². The molecule has 0 radical (unpaired) electrons. The van der Waals surface area contributed by atoms with Crippen LogP contribution in [0, 0.1) is 30.6 Å². The van der Waals surface area contributed by atoms with Gasteiger partial charge in [-0.05, 0) is 105 Å². The molecule has 55 heavy (non-hydrogen) atoms. The molecule has 310 valence electrons. The van der Waals surface area contributed by atoms with Gasteiger partial charge in [0.15, 0.2) is 11.5 Å². The molecule has 0 bridgehead atoms. The first-order chi connectivity index (χ1) is 26.7. The smallest absolute Gasteiger partial charge is 0.311 e. The van der Waals surface area contributed by atoms with Crippen LogP contribution in [0.15, 0.2) is 36.4 Å². The Morgan fingerprint density at radius 2 is 0.927 bits per heavy atom. The molecule has 7 heteroatoms. The van der Waals surface area contributed by atoms with Gasteiger partial charge in [0, 0.05) is 18.5 Å². The number of anilines is 3. The summed E-state index contributed by atoms with van der Waals surface area (Å²) in [6.07, 6.45) is 32.9. The number of esters is 2. The molecule has 1 saturated carbocycles. The number of unbranched alkanes of at least 4 members (excludes halogenated alkanes) is 15. The van der Waals surface area contributed by atoms with Crippen LogP contribution in [0.2, 0.25) is 0 Å². The number of rotatable bonds is 29. The number of aryl methyl sites for hydroxylation is 1. The van der Waals surface area contributed by atoms with Crippen LogP contribution in [0.25, 0.3) is 0 Å². The van der Waals surface area contributed by atoms with Gasteiger partial charge in [0.2, 0.25) is 0 Å². The fraction of sp³-hybridized carbons (Fsp3) is 0.708. The maximum Gasteiger partial charge on any atom is 0.311 e. The Morgan fingerprint density at radius 1 is 0.527 bits per heavy atom. The van der Waals surface area contributed by atoms with Crippen LogP contribution in [-0.2, 0) is 9.59 Å². The molecule has 2 aromatic rings. The number of carbonyl (C=O) groups is 2. The summed E-state index contributed by atoms with van der Waals surface area (Å²) in [5.41, 5.74) is 20.3. The zero-order valence-electron chi connectivity index (χ0n) is 35.2. The van der Waals surface area contributed by atoms with Gasteiger partial charge in [-0.3, -0.25) is 9.59 Å². The molecule has 0 heterocycles.